The average Bonchev–Trinajstić information content (AvgIpc) is 2.46. The van der Waals surface area contributed by atoms with Crippen LogP contribution in [0.25, 0.3) is 0 Å². The highest BCUT2D eigenvalue weighted by molar-refractivity contribution is 7.98. The number of ether oxygens (including phenoxy) is 1. The zero-order valence-electron chi connectivity index (χ0n) is 11.2. The molecule has 0 radical (unpaired) electrons. The van der Waals surface area contributed by atoms with Crippen molar-refractivity contribution in [3.63, 3.8) is 0 Å². The Morgan fingerprint density at radius 1 is 1.05 bits per heavy atom. The van der Waals surface area contributed by atoms with Crippen molar-refractivity contribution in [3.05, 3.63) is 59.7 Å². The predicted molar refractivity (Wildman–Crippen MR) is 80.3 cm³/mol. The molecule has 0 spiro atoms. The number of carbonyl (C=O) groups is 1. The number of carboxylic acid groups (broad SMARTS) is 1. The second-order valence-corrected chi connectivity index (χ2v) is 5.23. The Bertz CT molecular complexity index is 561. The quantitative estimate of drug-likeness (QED) is 0.825. The molecule has 1 N–H and O–H groups in total. The van der Waals surface area contributed by atoms with Gasteiger partial charge in [-0.05, 0) is 41.6 Å². The van der Waals surface area contributed by atoms with Gasteiger partial charge < -0.3 is 9.84 Å². The van der Waals surface area contributed by atoms with Crippen LogP contribution in [0.15, 0.2) is 53.4 Å². The van der Waals surface area contributed by atoms with Crippen LogP contribution in [-0.2, 0) is 17.8 Å². The molecule has 0 saturated carbocycles. The third kappa shape index (κ3) is 4.31. The van der Waals surface area contributed by atoms with Gasteiger partial charge in [-0.2, -0.15) is 0 Å². The minimum atomic E-state index is -0.817. The lowest BCUT2D eigenvalue weighted by Crippen LogP contribution is -2.00. The second kappa shape index (κ2) is 7.01. The average molecular weight is 288 g/mol. The molecule has 2 rings (SSSR count). The largest absolute Gasteiger partial charge is 0.489 e. The highest BCUT2D eigenvalue weighted by Gasteiger charge is 2.01. The first-order chi connectivity index (χ1) is 9.67. The van der Waals surface area contributed by atoms with Gasteiger partial charge in [0, 0.05) is 4.90 Å². The summed E-state index contributed by atoms with van der Waals surface area (Å²) in [5.74, 6) is 0.0142. The molecule has 0 fully saturated rings. The molecule has 2 aromatic carbocycles. The monoisotopic (exact) mass is 288 g/mol. The molecule has 0 saturated heterocycles. The molecule has 3 nitrogen and oxygen atoms in total. The molecule has 0 aliphatic carbocycles. The lowest BCUT2D eigenvalue weighted by Gasteiger charge is -2.07. The predicted octanol–water partition coefficient (Wildman–Crippen LogP) is 3.61. The maximum atomic E-state index is 10.6. The SMILES string of the molecule is CSc1ccc(OCc2ccc(CC(=O)O)cc2)cc1. The summed E-state index contributed by atoms with van der Waals surface area (Å²) in [5.41, 5.74) is 1.82. The van der Waals surface area contributed by atoms with Crippen LogP contribution in [-0.4, -0.2) is 17.3 Å². The van der Waals surface area contributed by atoms with Gasteiger partial charge in [-0.1, -0.05) is 24.3 Å². The third-order valence-electron chi connectivity index (χ3n) is 2.84. The fraction of sp³-hybridized carbons (Fsp3) is 0.188. The Kier molecular flexibility index (Phi) is 5.07. The molecule has 0 bridgehead atoms. The van der Waals surface area contributed by atoms with E-state index in [1.54, 1.807) is 11.8 Å². The van der Waals surface area contributed by atoms with Gasteiger partial charge in [0.2, 0.25) is 0 Å². The number of hydrogen-bond donors (Lipinski definition) is 1. The first-order valence-electron chi connectivity index (χ1n) is 6.24. The standard InChI is InChI=1S/C16H16O3S/c1-20-15-8-6-14(7-9-15)19-11-13-4-2-12(3-5-13)10-16(17)18/h2-9H,10-11H2,1H3,(H,17,18). The Balaban J connectivity index is 1.91. The van der Waals surface area contributed by atoms with Crippen molar-refractivity contribution in [2.45, 2.75) is 17.9 Å². The summed E-state index contributed by atoms with van der Waals surface area (Å²) >= 11 is 1.69. The van der Waals surface area contributed by atoms with Crippen LogP contribution in [0.3, 0.4) is 0 Å². The van der Waals surface area contributed by atoms with Crippen molar-refractivity contribution >= 4 is 17.7 Å². The van der Waals surface area contributed by atoms with E-state index in [0.29, 0.717) is 6.61 Å². The number of thioether (sulfide) groups is 1. The fourth-order valence-corrected chi connectivity index (χ4v) is 2.17. The number of hydrogen-bond acceptors (Lipinski definition) is 3. The molecular weight excluding hydrogens is 272 g/mol. The zero-order valence-corrected chi connectivity index (χ0v) is 12.0. The summed E-state index contributed by atoms with van der Waals surface area (Å²) < 4.78 is 5.69. The van der Waals surface area contributed by atoms with Gasteiger partial charge in [0.15, 0.2) is 0 Å². The van der Waals surface area contributed by atoms with E-state index in [9.17, 15) is 4.79 Å². The Hall–Kier alpha value is -1.94. The molecule has 0 amide bonds. The van der Waals surface area contributed by atoms with Gasteiger partial charge in [-0.3, -0.25) is 4.79 Å². The minimum absolute atomic E-state index is 0.0529. The van der Waals surface area contributed by atoms with Crippen molar-refractivity contribution in [2.75, 3.05) is 6.26 Å². The molecule has 4 heteroatoms. The van der Waals surface area contributed by atoms with E-state index in [-0.39, 0.29) is 6.42 Å². The topological polar surface area (TPSA) is 46.5 Å². The summed E-state index contributed by atoms with van der Waals surface area (Å²) in [6.07, 6.45) is 2.09. The third-order valence-corrected chi connectivity index (χ3v) is 3.59. The van der Waals surface area contributed by atoms with Crippen LogP contribution in [0.2, 0.25) is 0 Å². The van der Waals surface area contributed by atoms with Crippen molar-refractivity contribution in [2.24, 2.45) is 0 Å². The lowest BCUT2D eigenvalue weighted by molar-refractivity contribution is -0.136. The van der Waals surface area contributed by atoms with Crippen molar-refractivity contribution in [3.8, 4) is 5.75 Å². The molecule has 0 aliphatic rings. The molecule has 0 unspecified atom stereocenters. The van der Waals surface area contributed by atoms with Gasteiger partial charge in [0.1, 0.15) is 12.4 Å². The van der Waals surface area contributed by atoms with Crippen LogP contribution in [0.5, 0.6) is 5.75 Å². The van der Waals surface area contributed by atoms with E-state index in [1.165, 1.54) is 4.90 Å². The number of benzene rings is 2. The molecule has 2 aromatic rings. The van der Waals surface area contributed by atoms with Crippen molar-refractivity contribution in [1.82, 2.24) is 0 Å². The van der Waals surface area contributed by atoms with E-state index in [2.05, 4.69) is 0 Å². The van der Waals surface area contributed by atoms with Gasteiger partial charge in [0.25, 0.3) is 0 Å². The molecule has 20 heavy (non-hydrogen) atoms. The molecule has 0 aliphatic heterocycles. The van der Waals surface area contributed by atoms with Crippen LogP contribution < -0.4 is 4.74 Å². The van der Waals surface area contributed by atoms with E-state index in [4.69, 9.17) is 9.84 Å². The normalized spacial score (nSPS) is 10.2. The Morgan fingerprint density at radius 3 is 2.20 bits per heavy atom. The Labute approximate surface area is 122 Å². The maximum Gasteiger partial charge on any atom is 0.307 e. The van der Waals surface area contributed by atoms with Gasteiger partial charge >= 0.3 is 5.97 Å². The zero-order chi connectivity index (χ0) is 14.4. The molecule has 104 valence electrons. The first kappa shape index (κ1) is 14.5. The lowest BCUT2D eigenvalue weighted by atomic mass is 10.1. The summed E-state index contributed by atoms with van der Waals surface area (Å²) in [6.45, 7) is 0.478. The van der Waals surface area contributed by atoms with E-state index in [1.807, 2.05) is 54.8 Å². The van der Waals surface area contributed by atoms with Crippen LogP contribution >= 0.6 is 11.8 Å². The highest BCUT2D eigenvalue weighted by atomic mass is 32.2. The molecule has 0 aromatic heterocycles. The van der Waals surface area contributed by atoms with Gasteiger partial charge in [-0.15, -0.1) is 11.8 Å². The highest BCUT2D eigenvalue weighted by Crippen LogP contribution is 2.19. The second-order valence-electron chi connectivity index (χ2n) is 4.35. The van der Waals surface area contributed by atoms with Crippen molar-refractivity contribution < 1.29 is 14.6 Å². The summed E-state index contributed by atoms with van der Waals surface area (Å²) in [5, 5.41) is 8.70. The van der Waals surface area contributed by atoms with E-state index in [0.717, 1.165) is 16.9 Å². The van der Waals surface area contributed by atoms with Crippen molar-refractivity contribution in [1.29, 1.82) is 0 Å². The minimum Gasteiger partial charge on any atom is -0.489 e. The first-order valence-corrected chi connectivity index (χ1v) is 7.46. The van der Waals surface area contributed by atoms with Gasteiger partial charge in [-0.25, -0.2) is 0 Å². The molecular formula is C16H16O3S. The number of carboxylic acids is 1. The smallest absolute Gasteiger partial charge is 0.307 e. The van der Waals surface area contributed by atoms with Crippen LogP contribution in [0, 0.1) is 0 Å². The molecule has 0 heterocycles. The molecule has 0 atom stereocenters. The maximum absolute atomic E-state index is 10.6. The number of aliphatic carboxylic acids is 1. The van der Waals surface area contributed by atoms with Crippen LogP contribution in [0.4, 0.5) is 0 Å². The summed E-state index contributed by atoms with van der Waals surface area (Å²) in [7, 11) is 0. The van der Waals surface area contributed by atoms with Gasteiger partial charge in [0.05, 0.1) is 6.42 Å². The summed E-state index contributed by atoms with van der Waals surface area (Å²) in [6, 6.07) is 15.4. The Morgan fingerprint density at radius 2 is 1.65 bits per heavy atom. The van der Waals surface area contributed by atoms with Crippen LogP contribution in [0.1, 0.15) is 11.1 Å². The fourth-order valence-electron chi connectivity index (χ4n) is 1.77. The van der Waals surface area contributed by atoms with E-state index >= 15 is 0 Å². The number of rotatable bonds is 6. The summed E-state index contributed by atoms with van der Waals surface area (Å²) in [4.78, 5) is 11.8. The van der Waals surface area contributed by atoms with E-state index < -0.39 is 5.97 Å².